The Morgan fingerprint density at radius 3 is 1.67 bits per heavy atom. The van der Waals surface area contributed by atoms with E-state index in [0.717, 1.165) is 36.4 Å². The highest BCUT2D eigenvalue weighted by atomic mass is 19.4. The van der Waals surface area contributed by atoms with Gasteiger partial charge in [-0.15, -0.1) is 0 Å². The van der Waals surface area contributed by atoms with Crippen LogP contribution in [0.5, 0.6) is 0 Å². The highest BCUT2D eigenvalue weighted by Crippen LogP contribution is 2.43. The number of hydrogen-bond donors (Lipinski definition) is 2. The molecule has 5 aromatic rings. The summed E-state index contributed by atoms with van der Waals surface area (Å²) in [6, 6.07) is 19.3. The quantitative estimate of drug-likeness (QED) is 0.163. The lowest BCUT2D eigenvalue weighted by atomic mass is 9.90. The Bertz CT molecular complexity index is 1790. The Kier molecular flexibility index (Phi) is 7.18. The van der Waals surface area contributed by atoms with Gasteiger partial charge in [0, 0.05) is 28.1 Å². The fourth-order valence-corrected chi connectivity index (χ4v) is 4.76. The molecule has 4 N–H and O–H groups in total. The smallest absolute Gasteiger partial charge is 0.399 e. The van der Waals surface area contributed by atoms with Crippen LogP contribution in [-0.2, 0) is 12.4 Å². The molecule has 5 rings (SSSR count). The Hall–Kier alpha value is -4.86. The van der Waals surface area contributed by atoms with Crippen LogP contribution in [0.3, 0.4) is 0 Å². The van der Waals surface area contributed by atoms with Crippen LogP contribution < -0.4 is 11.5 Å². The molecule has 5 aromatic carbocycles. The van der Waals surface area contributed by atoms with Crippen molar-refractivity contribution in [1.29, 1.82) is 0 Å². The molecule has 214 valence electrons. The maximum atomic E-state index is 15.9. The summed E-state index contributed by atoms with van der Waals surface area (Å²) in [5, 5.41) is 0. The van der Waals surface area contributed by atoms with E-state index < -0.39 is 57.4 Å². The summed E-state index contributed by atoms with van der Waals surface area (Å²) in [6.45, 7) is 0. The van der Waals surface area contributed by atoms with Crippen molar-refractivity contribution >= 4 is 11.4 Å². The van der Waals surface area contributed by atoms with Crippen molar-refractivity contribution < 1.29 is 35.1 Å². The summed E-state index contributed by atoms with van der Waals surface area (Å²) in [5.41, 5.74) is 7.97. The topological polar surface area (TPSA) is 52.0 Å². The van der Waals surface area contributed by atoms with Gasteiger partial charge in [0.05, 0.1) is 11.1 Å². The van der Waals surface area contributed by atoms with E-state index >= 15 is 8.78 Å². The molecule has 0 heterocycles. The van der Waals surface area contributed by atoms with E-state index in [0.29, 0.717) is 22.9 Å². The molecule has 0 atom stereocenters. The summed E-state index contributed by atoms with van der Waals surface area (Å²) >= 11 is 0. The fraction of sp³-hybridized carbons (Fsp3) is 0.0625. The summed E-state index contributed by atoms with van der Waals surface area (Å²) in [4.78, 5) is 0. The van der Waals surface area contributed by atoms with Gasteiger partial charge in [-0.25, -0.2) is 8.78 Å². The second-order valence-corrected chi connectivity index (χ2v) is 9.54. The van der Waals surface area contributed by atoms with E-state index in [1.807, 2.05) is 0 Å². The van der Waals surface area contributed by atoms with Crippen LogP contribution in [0, 0.1) is 11.6 Å². The van der Waals surface area contributed by atoms with Gasteiger partial charge < -0.3 is 11.5 Å². The molecule has 0 aliphatic rings. The number of halogens is 8. The molecule has 0 amide bonds. The number of nitrogens with two attached hydrogens (primary N) is 2. The van der Waals surface area contributed by atoms with Crippen LogP contribution in [0.4, 0.5) is 46.5 Å². The van der Waals surface area contributed by atoms with Gasteiger partial charge in [-0.3, -0.25) is 0 Å². The maximum Gasteiger partial charge on any atom is 0.417 e. The zero-order chi connectivity index (χ0) is 30.4. The van der Waals surface area contributed by atoms with Crippen molar-refractivity contribution in [3.8, 4) is 44.5 Å². The molecule has 10 heteroatoms. The minimum absolute atomic E-state index is 0.0410. The standard InChI is InChI=1S/C32H20F8N2/c33-29-13-7-19(22-2-1-3-24(30(22)34)23-11-10-21(42)16-28(23)32(38,39)40)15-26(29)25-14-18(6-12-27(25)31(35,36)37)17-4-8-20(41)9-5-17/h1-16H,41-42H2. The van der Waals surface area contributed by atoms with Crippen LogP contribution in [0.2, 0.25) is 0 Å². The first-order chi connectivity index (χ1) is 19.7. The molecule has 0 radical (unpaired) electrons. The summed E-state index contributed by atoms with van der Waals surface area (Å²) in [6.07, 6.45) is -9.70. The lowest BCUT2D eigenvalue weighted by molar-refractivity contribution is -0.137. The molecule has 42 heavy (non-hydrogen) atoms. The SMILES string of the molecule is Nc1ccc(-c2ccc(C(F)(F)F)c(-c3cc(-c4cccc(-c5ccc(N)cc5C(F)(F)F)c4F)ccc3F)c2)cc1. The van der Waals surface area contributed by atoms with Gasteiger partial charge in [-0.2, -0.15) is 26.3 Å². The first-order valence-electron chi connectivity index (χ1n) is 12.4. The van der Waals surface area contributed by atoms with Gasteiger partial charge in [0.1, 0.15) is 11.6 Å². The van der Waals surface area contributed by atoms with Gasteiger partial charge in [-0.1, -0.05) is 48.5 Å². The van der Waals surface area contributed by atoms with Gasteiger partial charge in [0.15, 0.2) is 0 Å². The minimum Gasteiger partial charge on any atom is -0.399 e. The molecular weight excluding hydrogens is 564 g/mol. The molecule has 0 saturated heterocycles. The largest absolute Gasteiger partial charge is 0.417 e. The van der Waals surface area contributed by atoms with E-state index in [1.54, 1.807) is 24.3 Å². The Morgan fingerprint density at radius 1 is 0.429 bits per heavy atom. The highest BCUT2D eigenvalue weighted by Gasteiger charge is 2.36. The monoisotopic (exact) mass is 584 g/mol. The molecule has 0 aliphatic carbocycles. The normalized spacial score (nSPS) is 12.0. The van der Waals surface area contributed by atoms with E-state index in [-0.39, 0.29) is 16.8 Å². The minimum atomic E-state index is -4.86. The summed E-state index contributed by atoms with van der Waals surface area (Å²) in [7, 11) is 0. The average Bonchev–Trinajstić information content (AvgIpc) is 2.93. The number of nitrogen functional groups attached to an aromatic ring is 2. The van der Waals surface area contributed by atoms with Crippen LogP contribution in [-0.4, -0.2) is 0 Å². The number of alkyl halides is 6. The second kappa shape index (κ2) is 10.5. The molecule has 0 aromatic heterocycles. The van der Waals surface area contributed by atoms with E-state index in [4.69, 9.17) is 11.5 Å². The van der Waals surface area contributed by atoms with Gasteiger partial charge in [-0.05, 0) is 76.3 Å². The van der Waals surface area contributed by atoms with Crippen LogP contribution >= 0.6 is 0 Å². The Labute approximate surface area is 234 Å². The van der Waals surface area contributed by atoms with Crippen molar-refractivity contribution in [2.75, 3.05) is 11.5 Å². The lowest BCUT2D eigenvalue weighted by Crippen LogP contribution is -2.09. The van der Waals surface area contributed by atoms with Gasteiger partial charge in [0.25, 0.3) is 0 Å². The summed E-state index contributed by atoms with van der Waals surface area (Å²) < 4.78 is 114. The Balaban J connectivity index is 1.69. The second-order valence-electron chi connectivity index (χ2n) is 9.54. The van der Waals surface area contributed by atoms with Crippen LogP contribution in [0.1, 0.15) is 11.1 Å². The molecular formula is C32H20F8N2. The van der Waals surface area contributed by atoms with E-state index in [9.17, 15) is 26.3 Å². The van der Waals surface area contributed by atoms with Crippen molar-refractivity contribution in [2.24, 2.45) is 0 Å². The third-order valence-electron chi connectivity index (χ3n) is 6.77. The number of hydrogen-bond acceptors (Lipinski definition) is 2. The third-order valence-corrected chi connectivity index (χ3v) is 6.77. The maximum absolute atomic E-state index is 15.9. The zero-order valence-electron chi connectivity index (χ0n) is 21.4. The lowest BCUT2D eigenvalue weighted by Gasteiger charge is -2.18. The van der Waals surface area contributed by atoms with Crippen molar-refractivity contribution in [3.63, 3.8) is 0 Å². The average molecular weight is 585 g/mol. The molecule has 0 saturated carbocycles. The molecule has 0 unspecified atom stereocenters. The van der Waals surface area contributed by atoms with Crippen molar-refractivity contribution in [2.45, 2.75) is 12.4 Å². The predicted molar refractivity (Wildman–Crippen MR) is 147 cm³/mol. The van der Waals surface area contributed by atoms with Crippen molar-refractivity contribution in [3.05, 3.63) is 120 Å². The molecule has 0 bridgehead atoms. The van der Waals surface area contributed by atoms with Crippen LogP contribution in [0.25, 0.3) is 44.5 Å². The number of benzene rings is 5. The number of rotatable bonds is 4. The van der Waals surface area contributed by atoms with Crippen LogP contribution in [0.15, 0.2) is 97.1 Å². The predicted octanol–water partition coefficient (Wildman–Crippen LogP) is 9.83. The fourth-order valence-electron chi connectivity index (χ4n) is 4.76. The van der Waals surface area contributed by atoms with E-state index in [1.165, 1.54) is 30.3 Å². The zero-order valence-corrected chi connectivity index (χ0v) is 21.4. The van der Waals surface area contributed by atoms with Gasteiger partial charge in [0.2, 0.25) is 0 Å². The van der Waals surface area contributed by atoms with Crippen molar-refractivity contribution in [1.82, 2.24) is 0 Å². The van der Waals surface area contributed by atoms with Gasteiger partial charge >= 0.3 is 12.4 Å². The summed E-state index contributed by atoms with van der Waals surface area (Å²) in [5.74, 6) is -2.08. The molecule has 2 nitrogen and oxygen atoms in total. The third kappa shape index (κ3) is 5.52. The highest BCUT2D eigenvalue weighted by molar-refractivity contribution is 5.82. The van der Waals surface area contributed by atoms with E-state index in [2.05, 4.69) is 0 Å². The molecule has 0 fully saturated rings. The first-order valence-corrected chi connectivity index (χ1v) is 12.4. The number of anilines is 2. The molecule has 0 aliphatic heterocycles. The molecule has 0 spiro atoms. The Morgan fingerprint density at radius 2 is 1.00 bits per heavy atom. The first kappa shape index (κ1) is 28.7.